The van der Waals surface area contributed by atoms with Crippen LogP contribution >= 0.6 is 0 Å². The van der Waals surface area contributed by atoms with Gasteiger partial charge in [-0.3, -0.25) is 0 Å². The van der Waals surface area contributed by atoms with E-state index in [1.54, 1.807) is 0 Å². The monoisotopic (exact) mass is 221 g/mol. The van der Waals surface area contributed by atoms with Gasteiger partial charge in [-0.15, -0.1) is 0 Å². The Morgan fingerprint density at radius 3 is 2.88 bits per heavy atom. The van der Waals surface area contributed by atoms with E-state index in [1.165, 1.54) is 32.1 Å². The molecular formula is C13H23N3. The van der Waals surface area contributed by atoms with Crippen molar-refractivity contribution in [3.8, 4) is 0 Å². The lowest BCUT2D eigenvalue weighted by atomic mass is 9.87. The number of aromatic amines is 1. The Kier molecular flexibility index (Phi) is 4.40. The van der Waals surface area contributed by atoms with Crippen LogP contribution in [0.3, 0.4) is 0 Å². The van der Waals surface area contributed by atoms with Gasteiger partial charge in [-0.1, -0.05) is 6.92 Å². The summed E-state index contributed by atoms with van der Waals surface area (Å²) in [5.41, 5.74) is 0. The number of aromatic nitrogens is 2. The molecule has 1 saturated carbocycles. The van der Waals surface area contributed by atoms with Gasteiger partial charge in [0.05, 0.1) is 0 Å². The maximum atomic E-state index is 4.23. The van der Waals surface area contributed by atoms with E-state index < -0.39 is 0 Å². The standard InChI is InChI=1S/C13H23N3/c1-11-4-6-12(7-5-11)14-8-2-3-13-15-9-10-16-13/h9-12,14H,2-8H2,1H3,(H,15,16). The van der Waals surface area contributed by atoms with Crippen LogP contribution in [-0.2, 0) is 6.42 Å². The number of nitrogens with one attached hydrogen (secondary N) is 2. The second kappa shape index (κ2) is 6.04. The number of imidazole rings is 1. The molecule has 0 amide bonds. The van der Waals surface area contributed by atoms with E-state index in [1.807, 2.05) is 12.4 Å². The molecule has 1 aromatic rings. The molecule has 2 rings (SSSR count). The van der Waals surface area contributed by atoms with Crippen LogP contribution in [0.15, 0.2) is 12.4 Å². The molecule has 90 valence electrons. The fourth-order valence-electron chi connectivity index (χ4n) is 2.46. The summed E-state index contributed by atoms with van der Waals surface area (Å²) < 4.78 is 0. The Balaban J connectivity index is 1.55. The van der Waals surface area contributed by atoms with Crippen molar-refractivity contribution >= 4 is 0 Å². The quantitative estimate of drug-likeness (QED) is 0.750. The average Bonchev–Trinajstić information content (AvgIpc) is 2.80. The van der Waals surface area contributed by atoms with Crippen molar-refractivity contribution in [3.05, 3.63) is 18.2 Å². The maximum absolute atomic E-state index is 4.23. The van der Waals surface area contributed by atoms with Crippen LogP contribution in [0.4, 0.5) is 0 Å². The highest BCUT2D eigenvalue weighted by molar-refractivity contribution is 4.87. The van der Waals surface area contributed by atoms with E-state index in [0.29, 0.717) is 0 Å². The third-order valence-corrected chi connectivity index (χ3v) is 3.59. The maximum Gasteiger partial charge on any atom is 0.106 e. The van der Waals surface area contributed by atoms with E-state index in [2.05, 4.69) is 22.2 Å². The molecule has 0 bridgehead atoms. The van der Waals surface area contributed by atoms with Gasteiger partial charge in [0.2, 0.25) is 0 Å². The third kappa shape index (κ3) is 3.63. The molecule has 0 aliphatic heterocycles. The molecule has 0 spiro atoms. The van der Waals surface area contributed by atoms with Crippen LogP contribution in [0.1, 0.15) is 44.9 Å². The van der Waals surface area contributed by atoms with Crippen LogP contribution in [0, 0.1) is 5.92 Å². The molecule has 2 N–H and O–H groups in total. The molecule has 16 heavy (non-hydrogen) atoms. The Morgan fingerprint density at radius 2 is 2.19 bits per heavy atom. The van der Waals surface area contributed by atoms with Crippen LogP contribution in [-0.4, -0.2) is 22.6 Å². The highest BCUT2D eigenvalue weighted by Gasteiger charge is 2.16. The smallest absolute Gasteiger partial charge is 0.106 e. The van der Waals surface area contributed by atoms with Gasteiger partial charge in [-0.25, -0.2) is 4.98 Å². The van der Waals surface area contributed by atoms with Gasteiger partial charge in [0.15, 0.2) is 0 Å². The lowest BCUT2D eigenvalue weighted by Crippen LogP contribution is -2.33. The molecule has 1 aliphatic rings. The fourth-order valence-corrected chi connectivity index (χ4v) is 2.46. The molecule has 1 aromatic heterocycles. The molecule has 0 aromatic carbocycles. The van der Waals surface area contributed by atoms with Crippen molar-refractivity contribution in [2.24, 2.45) is 5.92 Å². The number of rotatable bonds is 5. The van der Waals surface area contributed by atoms with Crippen LogP contribution < -0.4 is 5.32 Å². The predicted octanol–water partition coefficient (Wildman–Crippen LogP) is 2.51. The van der Waals surface area contributed by atoms with Crippen molar-refractivity contribution in [3.63, 3.8) is 0 Å². The minimum atomic E-state index is 0.771. The largest absolute Gasteiger partial charge is 0.349 e. The Labute approximate surface area is 98.1 Å². The second-order valence-corrected chi connectivity index (χ2v) is 5.05. The molecule has 0 radical (unpaired) electrons. The number of aryl methyl sites for hydroxylation is 1. The summed E-state index contributed by atoms with van der Waals surface area (Å²) in [6.07, 6.45) is 11.5. The Morgan fingerprint density at radius 1 is 1.38 bits per heavy atom. The number of nitrogens with zero attached hydrogens (tertiary/aromatic N) is 1. The fraction of sp³-hybridized carbons (Fsp3) is 0.769. The van der Waals surface area contributed by atoms with Crippen molar-refractivity contribution in [1.82, 2.24) is 15.3 Å². The third-order valence-electron chi connectivity index (χ3n) is 3.59. The van der Waals surface area contributed by atoms with Crippen molar-refractivity contribution in [2.75, 3.05) is 6.54 Å². The van der Waals surface area contributed by atoms with Gasteiger partial charge in [0, 0.05) is 24.9 Å². The molecule has 0 saturated heterocycles. The van der Waals surface area contributed by atoms with E-state index in [-0.39, 0.29) is 0 Å². The van der Waals surface area contributed by atoms with Crippen LogP contribution in [0.25, 0.3) is 0 Å². The first-order valence-corrected chi connectivity index (χ1v) is 6.56. The summed E-state index contributed by atoms with van der Waals surface area (Å²) in [7, 11) is 0. The molecule has 1 heterocycles. The number of H-pyrrole nitrogens is 1. The molecule has 0 unspecified atom stereocenters. The van der Waals surface area contributed by atoms with Gasteiger partial charge >= 0.3 is 0 Å². The van der Waals surface area contributed by atoms with Crippen molar-refractivity contribution in [2.45, 2.75) is 51.5 Å². The van der Waals surface area contributed by atoms with E-state index in [0.717, 1.165) is 30.7 Å². The minimum Gasteiger partial charge on any atom is -0.349 e. The molecule has 0 atom stereocenters. The zero-order valence-electron chi connectivity index (χ0n) is 10.2. The second-order valence-electron chi connectivity index (χ2n) is 5.05. The summed E-state index contributed by atoms with van der Waals surface area (Å²) in [5.74, 6) is 2.06. The summed E-state index contributed by atoms with van der Waals surface area (Å²) in [5, 5.41) is 3.66. The molecule has 1 fully saturated rings. The zero-order chi connectivity index (χ0) is 11.2. The molecular weight excluding hydrogens is 198 g/mol. The topological polar surface area (TPSA) is 40.7 Å². The lowest BCUT2D eigenvalue weighted by molar-refractivity contribution is 0.307. The number of hydrogen-bond acceptors (Lipinski definition) is 2. The Hall–Kier alpha value is -0.830. The van der Waals surface area contributed by atoms with E-state index in [4.69, 9.17) is 0 Å². The normalized spacial score (nSPS) is 25.8. The summed E-state index contributed by atoms with van der Waals surface area (Å²) in [4.78, 5) is 7.37. The SMILES string of the molecule is CC1CCC(NCCCc2ncc[nH]2)CC1. The first-order valence-electron chi connectivity index (χ1n) is 6.56. The highest BCUT2D eigenvalue weighted by Crippen LogP contribution is 2.23. The zero-order valence-corrected chi connectivity index (χ0v) is 10.2. The van der Waals surface area contributed by atoms with E-state index >= 15 is 0 Å². The van der Waals surface area contributed by atoms with Gasteiger partial charge in [0.25, 0.3) is 0 Å². The first kappa shape index (κ1) is 11.6. The van der Waals surface area contributed by atoms with Crippen LogP contribution in [0.2, 0.25) is 0 Å². The molecule has 3 heteroatoms. The predicted molar refractivity (Wildman–Crippen MR) is 66.3 cm³/mol. The average molecular weight is 221 g/mol. The van der Waals surface area contributed by atoms with Crippen molar-refractivity contribution < 1.29 is 0 Å². The van der Waals surface area contributed by atoms with Gasteiger partial charge in [-0.2, -0.15) is 0 Å². The first-order chi connectivity index (χ1) is 7.84. The van der Waals surface area contributed by atoms with Crippen molar-refractivity contribution in [1.29, 1.82) is 0 Å². The summed E-state index contributed by atoms with van der Waals surface area (Å²) in [6, 6.07) is 0.771. The highest BCUT2D eigenvalue weighted by atomic mass is 14.9. The lowest BCUT2D eigenvalue weighted by Gasteiger charge is -2.26. The van der Waals surface area contributed by atoms with E-state index in [9.17, 15) is 0 Å². The number of hydrogen-bond donors (Lipinski definition) is 2. The summed E-state index contributed by atoms with van der Waals surface area (Å²) >= 11 is 0. The van der Waals surface area contributed by atoms with Gasteiger partial charge in [-0.05, 0) is 44.6 Å². The van der Waals surface area contributed by atoms with Crippen LogP contribution in [0.5, 0.6) is 0 Å². The van der Waals surface area contributed by atoms with Gasteiger partial charge in [0.1, 0.15) is 5.82 Å². The molecule has 1 aliphatic carbocycles. The summed E-state index contributed by atoms with van der Waals surface area (Å²) in [6.45, 7) is 3.49. The Bertz CT molecular complexity index is 273. The molecule has 3 nitrogen and oxygen atoms in total. The minimum absolute atomic E-state index is 0.771. The van der Waals surface area contributed by atoms with Gasteiger partial charge < -0.3 is 10.3 Å².